The first-order valence-electron chi connectivity index (χ1n) is 10.7. The number of amides is 3. The number of piperidine rings is 1. The van der Waals surface area contributed by atoms with Gasteiger partial charge in [0.25, 0.3) is 5.91 Å². The van der Waals surface area contributed by atoms with Crippen molar-refractivity contribution in [1.82, 2.24) is 9.88 Å². The third-order valence-corrected chi connectivity index (χ3v) is 5.00. The van der Waals surface area contributed by atoms with Gasteiger partial charge in [0.1, 0.15) is 11.4 Å². The number of pyridine rings is 1. The summed E-state index contributed by atoms with van der Waals surface area (Å²) < 4.78 is 5.23. The number of aryl methyl sites for hydroxylation is 1. The summed E-state index contributed by atoms with van der Waals surface area (Å²) >= 11 is 0. The third kappa shape index (κ3) is 6.54. The van der Waals surface area contributed by atoms with Gasteiger partial charge in [0.15, 0.2) is 0 Å². The number of carbonyl (C=O) groups is 3. The van der Waals surface area contributed by atoms with Crippen molar-refractivity contribution in [1.29, 1.82) is 0 Å². The summed E-state index contributed by atoms with van der Waals surface area (Å²) in [6, 6.07) is 12.1. The Labute approximate surface area is 188 Å². The molecule has 1 unspecified atom stereocenters. The van der Waals surface area contributed by atoms with Gasteiger partial charge in [0.2, 0.25) is 5.91 Å². The summed E-state index contributed by atoms with van der Waals surface area (Å²) in [4.78, 5) is 43.6. The highest BCUT2D eigenvalue weighted by molar-refractivity contribution is 5.96. The predicted molar refractivity (Wildman–Crippen MR) is 123 cm³/mol. The first-order valence-corrected chi connectivity index (χ1v) is 10.7. The molecule has 0 saturated carbocycles. The van der Waals surface area contributed by atoms with Gasteiger partial charge in [-0.3, -0.25) is 14.9 Å². The number of carbonyl (C=O) groups excluding carboxylic acids is 3. The van der Waals surface area contributed by atoms with Crippen molar-refractivity contribution in [3.8, 4) is 0 Å². The number of ether oxygens (including phenoxy) is 1. The van der Waals surface area contributed by atoms with E-state index in [-0.39, 0.29) is 17.7 Å². The molecule has 3 amide bonds. The fraction of sp³-hybridized carbons (Fsp3) is 0.417. The molecule has 1 aromatic heterocycles. The first kappa shape index (κ1) is 23.2. The Morgan fingerprint density at radius 1 is 1.06 bits per heavy atom. The lowest BCUT2D eigenvalue weighted by atomic mass is 9.96. The average molecular weight is 439 g/mol. The summed E-state index contributed by atoms with van der Waals surface area (Å²) in [5, 5.41) is 5.50. The molecule has 0 bridgehead atoms. The maximum absolute atomic E-state index is 13.0. The summed E-state index contributed by atoms with van der Waals surface area (Å²) in [5.41, 5.74) is 1.28. The summed E-state index contributed by atoms with van der Waals surface area (Å²) in [6.45, 7) is 8.19. The predicted octanol–water partition coefficient (Wildman–Crippen LogP) is 4.23. The zero-order valence-electron chi connectivity index (χ0n) is 19.0. The van der Waals surface area contributed by atoms with E-state index in [0.717, 1.165) is 18.5 Å². The van der Waals surface area contributed by atoms with E-state index in [2.05, 4.69) is 15.6 Å². The standard InChI is InChI=1S/C24H30N4O4/c1-16-7-5-9-20(25-16)27-21(29)18-8-6-14-28(15-18)22(30)17-10-12-19(13-11-17)26-23(31)32-24(2,3)4/h5,7,9-13,18H,6,8,14-15H2,1-4H3,(H,26,31)(H,25,27,29). The van der Waals surface area contributed by atoms with Crippen LogP contribution in [0.3, 0.4) is 0 Å². The van der Waals surface area contributed by atoms with Gasteiger partial charge in [0.05, 0.1) is 5.92 Å². The molecule has 2 N–H and O–H groups in total. The monoisotopic (exact) mass is 438 g/mol. The Morgan fingerprint density at radius 2 is 1.78 bits per heavy atom. The molecule has 1 fully saturated rings. The van der Waals surface area contributed by atoms with Gasteiger partial charge < -0.3 is 15.0 Å². The van der Waals surface area contributed by atoms with Crippen LogP contribution in [0.1, 0.15) is 49.7 Å². The van der Waals surface area contributed by atoms with Crippen molar-refractivity contribution in [3.63, 3.8) is 0 Å². The van der Waals surface area contributed by atoms with E-state index in [4.69, 9.17) is 4.74 Å². The van der Waals surface area contributed by atoms with E-state index in [0.29, 0.717) is 30.2 Å². The normalized spacial score (nSPS) is 16.2. The number of anilines is 2. The third-order valence-electron chi connectivity index (χ3n) is 5.00. The highest BCUT2D eigenvalue weighted by Crippen LogP contribution is 2.21. The molecule has 1 aromatic carbocycles. The molecule has 2 heterocycles. The second-order valence-corrected chi connectivity index (χ2v) is 8.95. The Bertz CT molecular complexity index is 982. The highest BCUT2D eigenvalue weighted by Gasteiger charge is 2.29. The average Bonchev–Trinajstić information content (AvgIpc) is 2.72. The van der Waals surface area contributed by atoms with Crippen LogP contribution >= 0.6 is 0 Å². The van der Waals surface area contributed by atoms with Gasteiger partial charge in [-0.1, -0.05) is 6.07 Å². The van der Waals surface area contributed by atoms with Crippen LogP contribution < -0.4 is 10.6 Å². The first-order chi connectivity index (χ1) is 15.1. The smallest absolute Gasteiger partial charge is 0.412 e. The number of hydrogen-bond acceptors (Lipinski definition) is 5. The Morgan fingerprint density at radius 3 is 2.44 bits per heavy atom. The topological polar surface area (TPSA) is 101 Å². The molecule has 0 spiro atoms. The number of nitrogens with zero attached hydrogens (tertiary/aromatic N) is 2. The van der Waals surface area contributed by atoms with Gasteiger partial charge in [-0.15, -0.1) is 0 Å². The van der Waals surface area contributed by atoms with Crippen molar-refractivity contribution < 1.29 is 19.1 Å². The molecule has 0 radical (unpaired) electrons. The van der Waals surface area contributed by atoms with Gasteiger partial charge in [-0.2, -0.15) is 0 Å². The van der Waals surface area contributed by atoms with Gasteiger partial charge in [0, 0.05) is 30.0 Å². The SMILES string of the molecule is Cc1cccc(NC(=O)C2CCCN(C(=O)c3ccc(NC(=O)OC(C)(C)C)cc3)C2)n1. The van der Waals surface area contributed by atoms with Crippen LogP contribution in [0.15, 0.2) is 42.5 Å². The zero-order chi connectivity index (χ0) is 23.3. The van der Waals surface area contributed by atoms with Gasteiger partial charge >= 0.3 is 6.09 Å². The quantitative estimate of drug-likeness (QED) is 0.744. The molecule has 1 atom stereocenters. The molecule has 8 heteroatoms. The van der Waals surface area contributed by atoms with Crippen molar-refractivity contribution in [2.45, 2.75) is 46.1 Å². The van der Waals surface area contributed by atoms with Crippen LogP contribution in [0.2, 0.25) is 0 Å². The Kier molecular flexibility index (Phi) is 7.12. The second kappa shape index (κ2) is 9.80. The maximum atomic E-state index is 13.0. The highest BCUT2D eigenvalue weighted by atomic mass is 16.6. The van der Waals surface area contributed by atoms with E-state index in [1.54, 1.807) is 56.0 Å². The summed E-state index contributed by atoms with van der Waals surface area (Å²) in [5.74, 6) is -0.0350. The lowest BCUT2D eigenvalue weighted by Crippen LogP contribution is -2.43. The number of rotatable bonds is 4. The van der Waals surface area contributed by atoms with Crippen molar-refractivity contribution >= 4 is 29.4 Å². The van der Waals surface area contributed by atoms with E-state index >= 15 is 0 Å². The summed E-state index contributed by atoms with van der Waals surface area (Å²) in [6.07, 6.45) is 0.924. The molecule has 1 aliphatic heterocycles. The minimum absolute atomic E-state index is 0.127. The number of hydrogen-bond donors (Lipinski definition) is 2. The minimum atomic E-state index is -0.591. The van der Waals surface area contributed by atoms with Crippen molar-refractivity contribution in [2.24, 2.45) is 5.92 Å². The molecule has 170 valence electrons. The Balaban J connectivity index is 1.58. The molecular formula is C24H30N4O4. The molecule has 32 heavy (non-hydrogen) atoms. The van der Waals surface area contributed by atoms with E-state index in [9.17, 15) is 14.4 Å². The number of benzene rings is 1. The summed E-state index contributed by atoms with van der Waals surface area (Å²) in [7, 11) is 0. The van der Waals surface area contributed by atoms with Gasteiger partial charge in [-0.05, 0) is 76.9 Å². The zero-order valence-corrected chi connectivity index (χ0v) is 19.0. The molecule has 8 nitrogen and oxygen atoms in total. The molecular weight excluding hydrogens is 408 g/mol. The van der Waals surface area contributed by atoms with Crippen molar-refractivity contribution in [2.75, 3.05) is 23.7 Å². The number of likely N-dealkylation sites (tertiary alicyclic amines) is 1. The fourth-order valence-electron chi connectivity index (χ4n) is 3.52. The number of aromatic nitrogens is 1. The lowest BCUT2D eigenvalue weighted by Gasteiger charge is -2.32. The number of nitrogens with one attached hydrogen (secondary N) is 2. The molecule has 1 aliphatic rings. The fourth-order valence-corrected chi connectivity index (χ4v) is 3.52. The molecule has 2 aromatic rings. The van der Waals surface area contributed by atoms with Crippen molar-refractivity contribution in [3.05, 3.63) is 53.7 Å². The maximum Gasteiger partial charge on any atom is 0.412 e. The van der Waals surface area contributed by atoms with Crippen LogP contribution in [-0.2, 0) is 9.53 Å². The van der Waals surface area contributed by atoms with Crippen LogP contribution in [-0.4, -0.2) is 46.5 Å². The second-order valence-electron chi connectivity index (χ2n) is 8.95. The van der Waals surface area contributed by atoms with Crippen LogP contribution in [0, 0.1) is 12.8 Å². The van der Waals surface area contributed by atoms with Gasteiger partial charge in [-0.25, -0.2) is 9.78 Å². The molecule has 3 rings (SSSR count). The van der Waals surface area contributed by atoms with Crippen LogP contribution in [0.4, 0.5) is 16.3 Å². The lowest BCUT2D eigenvalue weighted by molar-refractivity contribution is -0.121. The minimum Gasteiger partial charge on any atom is -0.444 e. The largest absolute Gasteiger partial charge is 0.444 e. The molecule has 0 aliphatic carbocycles. The molecule has 1 saturated heterocycles. The van der Waals surface area contributed by atoms with E-state index < -0.39 is 11.7 Å². The van der Waals surface area contributed by atoms with Crippen LogP contribution in [0.25, 0.3) is 0 Å². The van der Waals surface area contributed by atoms with E-state index in [1.165, 1.54) is 0 Å². The van der Waals surface area contributed by atoms with Crippen LogP contribution in [0.5, 0.6) is 0 Å². The van der Waals surface area contributed by atoms with E-state index in [1.807, 2.05) is 19.1 Å². The Hall–Kier alpha value is -3.42.